The Kier molecular flexibility index (Phi) is 8.84. The summed E-state index contributed by atoms with van der Waals surface area (Å²) in [6.07, 6.45) is -1.38. The summed E-state index contributed by atoms with van der Waals surface area (Å²) in [6.45, 7) is 2.28. The molecule has 0 heterocycles. The van der Waals surface area contributed by atoms with Gasteiger partial charge in [0.25, 0.3) is 0 Å². The molecule has 4 rings (SSSR count). The molecule has 4 aromatic carbocycles. The zero-order valence-electron chi connectivity index (χ0n) is 21.0. The molecule has 204 valence electrons. The largest absolute Gasteiger partial charge is 0.489 e. The predicted octanol–water partition coefficient (Wildman–Crippen LogP) is 8.33. The van der Waals surface area contributed by atoms with Crippen LogP contribution in [0.3, 0.4) is 0 Å². The van der Waals surface area contributed by atoms with Gasteiger partial charge in [0.15, 0.2) is 18.2 Å². The van der Waals surface area contributed by atoms with Gasteiger partial charge in [0, 0.05) is 11.5 Å². The van der Waals surface area contributed by atoms with E-state index in [9.17, 15) is 22.0 Å². The van der Waals surface area contributed by atoms with E-state index in [2.05, 4.69) is 11.3 Å². The molecule has 0 saturated carbocycles. The number of hydrogen-bond acceptors (Lipinski definition) is 2. The van der Waals surface area contributed by atoms with Crippen molar-refractivity contribution in [3.8, 4) is 11.5 Å². The molecule has 0 aliphatic heterocycles. The fourth-order valence-electron chi connectivity index (χ4n) is 4.25. The van der Waals surface area contributed by atoms with Gasteiger partial charge >= 0.3 is 6.18 Å². The Morgan fingerprint density at radius 2 is 1.38 bits per heavy atom. The minimum atomic E-state index is -4.56. The summed E-state index contributed by atoms with van der Waals surface area (Å²) in [5.74, 6) is -1.69. The molecule has 0 amide bonds. The summed E-state index contributed by atoms with van der Waals surface area (Å²) in [4.78, 5) is 0. The summed E-state index contributed by atoms with van der Waals surface area (Å²) in [5, 5.41) is 1.15. The van der Waals surface area contributed by atoms with Gasteiger partial charge in [-0.2, -0.15) is 13.2 Å². The maximum absolute atomic E-state index is 15.2. The van der Waals surface area contributed by atoms with Gasteiger partial charge in [0.05, 0.1) is 0 Å². The van der Waals surface area contributed by atoms with Crippen LogP contribution in [0.5, 0.6) is 11.5 Å². The van der Waals surface area contributed by atoms with Gasteiger partial charge in [-0.25, -0.2) is 13.2 Å². The topological polar surface area (TPSA) is 18.5 Å². The molecular weight excluding hydrogens is 518 g/mol. The van der Waals surface area contributed by atoms with E-state index >= 15 is 4.39 Å². The third kappa shape index (κ3) is 7.56. The van der Waals surface area contributed by atoms with Gasteiger partial charge in [0.2, 0.25) is 0 Å². The van der Waals surface area contributed by atoms with Gasteiger partial charge in [-0.15, -0.1) is 0 Å². The van der Waals surface area contributed by atoms with Gasteiger partial charge < -0.3 is 9.47 Å². The van der Waals surface area contributed by atoms with E-state index in [1.54, 1.807) is 36.4 Å². The summed E-state index contributed by atoms with van der Waals surface area (Å²) < 4.78 is 90.5. The van der Waals surface area contributed by atoms with E-state index in [0.717, 1.165) is 17.7 Å². The third-order valence-electron chi connectivity index (χ3n) is 6.24. The highest BCUT2D eigenvalue weighted by atomic mass is 19.4. The van der Waals surface area contributed by atoms with Crippen molar-refractivity contribution in [2.45, 2.75) is 31.9 Å². The molecule has 0 bridgehead atoms. The first-order chi connectivity index (χ1) is 18.6. The van der Waals surface area contributed by atoms with Gasteiger partial charge in [0.1, 0.15) is 24.0 Å². The van der Waals surface area contributed by atoms with Crippen LogP contribution in [0.15, 0.2) is 79.4 Å². The lowest BCUT2D eigenvalue weighted by atomic mass is 9.97. The first-order valence-electron chi connectivity index (χ1n) is 12.3. The Hall–Kier alpha value is -3.94. The second-order valence-corrected chi connectivity index (χ2v) is 9.12. The molecule has 0 atom stereocenters. The molecule has 0 N–H and O–H groups in total. The van der Waals surface area contributed by atoms with E-state index in [1.807, 2.05) is 12.1 Å². The molecule has 0 unspecified atom stereocenters. The van der Waals surface area contributed by atoms with E-state index in [4.69, 9.17) is 4.74 Å². The number of fused-ring (bicyclic) bond motifs is 1. The average Bonchev–Trinajstić information content (AvgIpc) is 2.90. The lowest BCUT2D eigenvalue weighted by Gasteiger charge is -2.11. The molecule has 8 heteroatoms. The number of alkyl halides is 3. The number of rotatable bonds is 11. The third-order valence-corrected chi connectivity index (χ3v) is 6.24. The smallest absolute Gasteiger partial charge is 0.422 e. The van der Waals surface area contributed by atoms with Crippen LogP contribution in [0.1, 0.15) is 22.3 Å². The summed E-state index contributed by atoms with van der Waals surface area (Å²) in [7, 11) is 0. The molecule has 2 nitrogen and oxygen atoms in total. The number of aryl methyl sites for hydroxylation is 4. The van der Waals surface area contributed by atoms with Crippen LogP contribution >= 0.6 is 0 Å². The van der Waals surface area contributed by atoms with E-state index in [-0.39, 0.29) is 18.1 Å². The monoisotopic (exact) mass is 544 g/mol. The highest BCUT2D eigenvalue weighted by molar-refractivity contribution is 5.84. The quantitative estimate of drug-likeness (QED) is 0.140. The van der Waals surface area contributed by atoms with Crippen LogP contribution in [0, 0.1) is 17.5 Å². The lowest BCUT2D eigenvalue weighted by molar-refractivity contribution is -0.153. The second kappa shape index (κ2) is 12.3. The second-order valence-electron chi connectivity index (χ2n) is 9.12. The molecule has 4 aromatic rings. The molecular formula is C31H26F6O2. The maximum atomic E-state index is 15.2. The zero-order chi connectivity index (χ0) is 28.0. The van der Waals surface area contributed by atoms with Gasteiger partial charge in [-0.3, -0.25) is 0 Å². The van der Waals surface area contributed by atoms with Crippen molar-refractivity contribution >= 4 is 10.8 Å². The highest BCUT2D eigenvalue weighted by Crippen LogP contribution is 2.26. The molecule has 0 spiro atoms. The van der Waals surface area contributed by atoms with Crippen molar-refractivity contribution in [3.05, 3.63) is 119 Å². The Morgan fingerprint density at radius 3 is 2.08 bits per heavy atom. The highest BCUT2D eigenvalue weighted by Gasteiger charge is 2.29. The van der Waals surface area contributed by atoms with Crippen molar-refractivity contribution in [3.63, 3.8) is 0 Å². The Labute approximate surface area is 222 Å². The predicted molar refractivity (Wildman–Crippen MR) is 139 cm³/mol. The van der Waals surface area contributed by atoms with Gasteiger partial charge in [-0.05, 0) is 71.5 Å². The first-order valence-corrected chi connectivity index (χ1v) is 12.3. The maximum Gasteiger partial charge on any atom is 0.422 e. The van der Waals surface area contributed by atoms with Crippen LogP contribution in [-0.4, -0.2) is 19.4 Å². The Bertz CT molecular complexity index is 1460. The zero-order valence-corrected chi connectivity index (χ0v) is 21.0. The minimum absolute atomic E-state index is 0.275. The number of halogens is 6. The minimum Gasteiger partial charge on any atom is -0.489 e. The fourth-order valence-corrected chi connectivity index (χ4v) is 4.25. The average molecular weight is 545 g/mol. The van der Waals surface area contributed by atoms with Crippen molar-refractivity contribution in [2.24, 2.45) is 0 Å². The molecule has 0 aromatic heterocycles. The molecule has 0 aliphatic carbocycles. The number of benzene rings is 4. The standard InChI is InChI=1S/C31H26F6O2/c1-2-15-38-25-12-11-22(27(32)18-25)7-3-20-5-13-26-24(16-20)10-9-23(30(26)34)8-4-21-6-14-29(28(33)17-21)39-19-31(35,36)37/h2,5-6,9-14,16-18H,1,3-4,7-8,15,19H2. The Morgan fingerprint density at radius 1 is 0.692 bits per heavy atom. The summed E-state index contributed by atoms with van der Waals surface area (Å²) in [5.41, 5.74) is 2.44. The van der Waals surface area contributed by atoms with Crippen molar-refractivity contribution in [1.29, 1.82) is 0 Å². The summed E-state index contributed by atoms with van der Waals surface area (Å²) in [6, 6.07) is 17.3. The van der Waals surface area contributed by atoms with Crippen LogP contribution in [0.4, 0.5) is 26.3 Å². The fraction of sp³-hybridized carbons (Fsp3) is 0.226. The molecule has 0 radical (unpaired) electrons. The molecule has 0 fully saturated rings. The lowest BCUT2D eigenvalue weighted by Crippen LogP contribution is -2.19. The van der Waals surface area contributed by atoms with Crippen LogP contribution in [0.25, 0.3) is 10.8 Å². The SMILES string of the molecule is C=CCOc1ccc(CCc2ccc3c(F)c(CCc4ccc(OCC(F)(F)F)c(F)c4)ccc3c2)c(F)c1. The Balaban J connectivity index is 1.39. The van der Waals surface area contributed by atoms with Crippen LogP contribution in [-0.2, 0) is 25.7 Å². The van der Waals surface area contributed by atoms with E-state index in [0.29, 0.717) is 59.1 Å². The number of hydrogen-bond donors (Lipinski definition) is 0. The van der Waals surface area contributed by atoms with E-state index < -0.39 is 24.3 Å². The van der Waals surface area contributed by atoms with Crippen LogP contribution in [0.2, 0.25) is 0 Å². The molecule has 0 aliphatic rings. The van der Waals surface area contributed by atoms with Crippen LogP contribution < -0.4 is 9.47 Å². The summed E-state index contributed by atoms with van der Waals surface area (Å²) >= 11 is 0. The molecule has 39 heavy (non-hydrogen) atoms. The van der Waals surface area contributed by atoms with E-state index in [1.165, 1.54) is 12.1 Å². The van der Waals surface area contributed by atoms with Crippen molar-refractivity contribution in [1.82, 2.24) is 0 Å². The normalized spacial score (nSPS) is 11.5. The van der Waals surface area contributed by atoms with Crippen molar-refractivity contribution < 1.29 is 35.8 Å². The first kappa shape index (κ1) is 28.1. The van der Waals surface area contributed by atoms with Crippen molar-refractivity contribution in [2.75, 3.05) is 13.2 Å². The molecule has 0 saturated heterocycles. The van der Waals surface area contributed by atoms with Gasteiger partial charge in [-0.1, -0.05) is 55.1 Å². The number of ether oxygens (including phenoxy) is 2.